The zero-order valence-electron chi connectivity index (χ0n) is 16.1. The van der Waals surface area contributed by atoms with Gasteiger partial charge in [-0.3, -0.25) is 14.1 Å². The number of Topliss-reactive ketones (excluding diaryl/α,β-unsaturated/α-hetero) is 1. The maximum Gasteiger partial charge on any atom is 0.216 e. The minimum absolute atomic E-state index is 0.103. The summed E-state index contributed by atoms with van der Waals surface area (Å²) in [5, 5.41) is 4.75. The van der Waals surface area contributed by atoms with Gasteiger partial charge in [0.15, 0.2) is 5.78 Å². The van der Waals surface area contributed by atoms with E-state index >= 15 is 0 Å². The van der Waals surface area contributed by atoms with Gasteiger partial charge in [0.25, 0.3) is 0 Å². The average molecular weight is 424 g/mol. The third-order valence-corrected chi connectivity index (χ3v) is 6.87. The second kappa shape index (κ2) is 7.37. The minimum Gasteiger partial charge on any atom is -0.369 e. The molecule has 0 amide bonds. The molecule has 0 saturated carbocycles. The molecule has 6 nitrogen and oxygen atoms in total. The molecule has 1 aliphatic rings. The number of piperazine rings is 1. The van der Waals surface area contributed by atoms with Gasteiger partial charge in [0.1, 0.15) is 0 Å². The lowest BCUT2D eigenvalue weighted by molar-refractivity contribution is 0.101. The fourth-order valence-electron chi connectivity index (χ4n) is 3.82. The molecule has 8 heteroatoms. The average Bonchev–Trinajstić information content (AvgIpc) is 3.25. The molecule has 148 valence electrons. The first-order chi connectivity index (χ1) is 14.1. The van der Waals surface area contributed by atoms with Crippen LogP contribution in [0, 0.1) is 4.77 Å². The molecule has 2 aromatic carbocycles. The van der Waals surface area contributed by atoms with Crippen LogP contribution < -0.4 is 4.90 Å². The van der Waals surface area contributed by atoms with E-state index in [4.69, 9.17) is 17.3 Å². The van der Waals surface area contributed by atoms with E-state index in [1.54, 1.807) is 18.3 Å². The van der Waals surface area contributed by atoms with Gasteiger partial charge in [-0.05, 0) is 55.5 Å². The monoisotopic (exact) mass is 423 g/mol. The fourth-order valence-corrected chi connectivity index (χ4v) is 5.19. The van der Waals surface area contributed by atoms with E-state index in [-0.39, 0.29) is 5.78 Å². The summed E-state index contributed by atoms with van der Waals surface area (Å²) in [5.41, 5.74) is 3.05. The summed E-state index contributed by atoms with van der Waals surface area (Å²) in [4.78, 5) is 17.1. The lowest BCUT2D eigenvalue weighted by Gasteiger charge is -2.35. The van der Waals surface area contributed by atoms with Gasteiger partial charge in [-0.2, -0.15) is 0 Å². The van der Waals surface area contributed by atoms with E-state index in [0.29, 0.717) is 6.67 Å². The number of carbonyl (C=O) groups is 1. The van der Waals surface area contributed by atoms with Crippen LogP contribution in [-0.4, -0.2) is 51.0 Å². The van der Waals surface area contributed by atoms with Crippen LogP contribution in [0.4, 0.5) is 5.69 Å². The van der Waals surface area contributed by atoms with E-state index in [9.17, 15) is 4.79 Å². The second-order valence-electron chi connectivity index (χ2n) is 7.32. The van der Waals surface area contributed by atoms with Crippen LogP contribution in [0.1, 0.15) is 17.3 Å². The van der Waals surface area contributed by atoms with Crippen molar-refractivity contribution in [3.8, 4) is 0 Å². The van der Waals surface area contributed by atoms with Crippen LogP contribution >= 0.6 is 23.6 Å². The van der Waals surface area contributed by atoms with Crippen molar-refractivity contribution in [3.63, 3.8) is 0 Å². The van der Waals surface area contributed by atoms with Crippen LogP contribution in [0.3, 0.4) is 0 Å². The summed E-state index contributed by atoms with van der Waals surface area (Å²) < 4.78 is 5.96. The summed E-state index contributed by atoms with van der Waals surface area (Å²) in [6, 6.07) is 16.2. The normalized spacial score (nSPS) is 15.4. The van der Waals surface area contributed by atoms with Gasteiger partial charge in [-0.25, -0.2) is 4.68 Å². The molecule has 0 radical (unpaired) electrons. The van der Waals surface area contributed by atoms with Crippen molar-refractivity contribution in [2.45, 2.75) is 13.6 Å². The Balaban J connectivity index is 1.29. The molecule has 29 heavy (non-hydrogen) atoms. The molecule has 1 aliphatic heterocycles. The van der Waals surface area contributed by atoms with Crippen molar-refractivity contribution in [2.75, 3.05) is 31.1 Å². The second-order valence-corrected chi connectivity index (χ2v) is 8.69. The highest BCUT2D eigenvalue weighted by atomic mass is 32.1. The number of benzene rings is 2. The van der Waals surface area contributed by atoms with E-state index in [1.807, 2.05) is 41.1 Å². The number of hydrogen-bond acceptors (Lipinski definition) is 6. The number of hydrogen-bond donors (Lipinski definition) is 0. The molecule has 1 saturated heterocycles. The summed E-state index contributed by atoms with van der Waals surface area (Å²) in [6.07, 6.45) is 0. The molecule has 0 unspecified atom stereocenters. The number of fused-ring (bicyclic) bond motifs is 3. The quantitative estimate of drug-likeness (QED) is 0.366. The molecule has 5 rings (SSSR count). The number of nitrogens with zero attached hydrogens (tertiary/aromatic N) is 5. The Hall–Kier alpha value is -2.55. The maximum absolute atomic E-state index is 11.5. The smallest absolute Gasteiger partial charge is 0.216 e. The standard InChI is InChI=1S/C21H21N5OS2/c1-15(27)16-6-8-17(9-7-16)24-12-10-23(11-13-24)14-25-21(28)26-18-4-2-3-5-19(18)29-20(26)22-25/h2-9H,10-14H2,1H3. The van der Waals surface area contributed by atoms with Crippen LogP contribution in [0.25, 0.3) is 15.2 Å². The molecule has 0 N–H and O–H groups in total. The zero-order chi connectivity index (χ0) is 20.0. The third-order valence-electron chi connectivity index (χ3n) is 5.46. The molecular weight excluding hydrogens is 402 g/mol. The highest BCUT2D eigenvalue weighted by Gasteiger charge is 2.19. The van der Waals surface area contributed by atoms with Gasteiger partial charge in [0.05, 0.1) is 16.9 Å². The first-order valence-electron chi connectivity index (χ1n) is 9.65. The number of para-hydroxylation sites is 1. The van der Waals surface area contributed by atoms with Crippen LogP contribution in [0.5, 0.6) is 0 Å². The zero-order valence-corrected chi connectivity index (χ0v) is 17.7. The molecule has 2 aromatic heterocycles. The Morgan fingerprint density at radius 2 is 1.79 bits per heavy atom. The Morgan fingerprint density at radius 1 is 1.07 bits per heavy atom. The number of rotatable bonds is 4. The maximum atomic E-state index is 11.5. The first kappa shape index (κ1) is 18.5. The van der Waals surface area contributed by atoms with Crippen molar-refractivity contribution in [1.82, 2.24) is 19.1 Å². The van der Waals surface area contributed by atoms with Gasteiger partial charge >= 0.3 is 0 Å². The molecular formula is C21H21N5OS2. The van der Waals surface area contributed by atoms with Crippen LogP contribution in [0.15, 0.2) is 48.5 Å². The van der Waals surface area contributed by atoms with Gasteiger partial charge < -0.3 is 4.90 Å². The topological polar surface area (TPSA) is 45.8 Å². The van der Waals surface area contributed by atoms with Gasteiger partial charge in [0, 0.05) is 37.4 Å². The number of thiazole rings is 1. The van der Waals surface area contributed by atoms with Crippen LogP contribution in [0.2, 0.25) is 0 Å². The van der Waals surface area contributed by atoms with Crippen LogP contribution in [-0.2, 0) is 6.67 Å². The highest BCUT2D eigenvalue weighted by Crippen LogP contribution is 2.26. The van der Waals surface area contributed by atoms with Crippen molar-refractivity contribution in [3.05, 3.63) is 58.9 Å². The Kier molecular flexibility index (Phi) is 4.69. The Bertz CT molecular complexity index is 1250. The van der Waals surface area contributed by atoms with Gasteiger partial charge in [-0.15, -0.1) is 5.10 Å². The summed E-state index contributed by atoms with van der Waals surface area (Å²) >= 11 is 7.39. The van der Waals surface area contributed by atoms with Crippen molar-refractivity contribution >= 4 is 50.2 Å². The molecule has 0 aliphatic carbocycles. The van der Waals surface area contributed by atoms with Crippen molar-refractivity contribution < 1.29 is 4.79 Å². The minimum atomic E-state index is 0.103. The summed E-state index contributed by atoms with van der Waals surface area (Å²) in [5.74, 6) is 0.103. The molecule has 0 atom stereocenters. The SMILES string of the molecule is CC(=O)c1ccc(N2CCN(Cn3nc4sc5ccccc5n4c3=S)CC2)cc1. The molecule has 0 bridgehead atoms. The van der Waals surface area contributed by atoms with Crippen molar-refractivity contribution in [1.29, 1.82) is 0 Å². The third kappa shape index (κ3) is 3.37. The van der Waals surface area contributed by atoms with Gasteiger partial charge in [-0.1, -0.05) is 23.5 Å². The van der Waals surface area contributed by atoms with E-state index in [2.05, 4.69) is 26.3 Å². The van der Waals surface area contributed by atoms with E-state index < -0.39 is 0 Å². The predicted octanol–water partition coefficient (Wildman–Crippen LogP) is 4.06. The summed E-state index contributed by atoms with van der Waals surface area (Å²) in [7, 11) is 0. The molecule has 1 fully saturated rings. The number of ketones is 1. The lowest BCUT2D eigenvalue weighted by Crippen LogP contribution is -2.47. The number of anilines is 1. The highest BCUT2D eigenvalue weighted by molar-refractivity contribution is 7.71. The molecule has 3 heterocycles. The van der Waals surface area contributed by atoms with Crippen molar-refractivity contribution in [2.24, 2.45) is 0 Å². The van der Waals surface area contributed by atoms with E-state index in [0.717, 1.165) is 47.0 Å². The Morgan fingerprint density at radius 3 is 2.52 bits per heavy atom. The largest absolute Gasteiger partial charge is 0.369 e. The first-order valence-corrected chi connectivity index (χ1v) is 10.9. The molecule has 0 spiro atoms. The van der Waals surface area contributed by atoms with E-state index in [1.165, 1.54) is 10.4 Å². The molecule has 4 aromatic rings. The number of aromatic nitrogens is 3. The Labute approximate surface area is 177 Å². The number of carbonyl (C=O) groups excluding carboxylic acids is 1. The lowest BCUT2D eigenvalue weighted by atomic mass is 10.1. The van der Waals surface area contributed by atoms with Gasteiger partial charge in [0.2, 0.25) is 9.73 Å². The predicted molar refractivity (Wildman–Crippen MR) is 120 cm³/mol. The fraction of sp³-hybridized carbons (Fsp3) is 0.286. The summed E-state index contributed by atoms with van der Waals surface area (Å²) in [6.45, 7) is 6.08.